The number of aromatic amines is 1. The summed E-state index contributed by atoms with van der Waals surface area (Å²) in [5.74, 6) is -1.98. The van der Waals surface area contributed by atoms with Gasteiger partial charge in [0.25, 0.3) is 0 Å². The minimum Gasteiger partial charge on any atom is -0.494 e. The Morgan fingerprint density at radius 2 is 1.51 bits per heavy atom. The first-order valence-electron chi connectivity index (χ1n) is 14.8. The molecule has 0 saturated carbocycles. The van der Waals surface area contributed by atoms with Crippen LogP contribution in [0.4, 0.5) is 0 Å². The highest BCUT2D eigenvalue weighted by atomic mass is 16.7. The molecule has 0 spiro atoms. The summed E-state index contributed by atoms with van der Waals surface area (Å²) in [7, 11) is 0. The highest BCUT2D eigenvalue weighted by molar-refractivity contribution is 5.68. The summed E-state index contributed by atoms with van der Waals surface area (Å²) in [6.45, 7) is 8.85. The van der Waals surface area contributed by atoms with Crippen molar-refractivity contribution in [1.29, 1.82) is 0 Å². The van der Waals surface area contributed by atoms with Gasteiger partial charge in [0.2, 0.25) is 18.3 Å². The Kier molecular flexibility index (Phi) is 13.2. The molecule has 0 bridgehead atoms. The van der Waals surface area contributed by atoms with Gasteiger partial charge in [-0.3, -0.25) is 24.3 Å². The van der Waals surface area contributed by atoms with Crippen molar-refractivity contribution in [1.82, 2.24) is 10.2 Å². The van der Waals surface area contributed by atoms with Crippen LogP contribution < -0.4 is 9.47 Å². The van der Waals surface area contributed by atoms with E-state index in [0.717, 1.165) is 38.4 Å². The highest BCUT2D eigenvalue weighted by Crippen LogP contribution is 2.34. The van der Waals surface area contributed by atoms with Crippen LogP contribution in [-0.2, 0) is 49.3 Å². The molecule has 1 aliphatic rings. The number of aliphatic hydroxyl groups is 1. The van der Waals surface area contributed by atoms with E-state index < -0.39 is 54.6 Å². The molecule has 0 unspecified atom stereocenters. The molecule has 2 heterocycles. The molecular weight excluding hydrogens is 592 g/mol. The lowest BCUT2D eigenvalue weighted by atomic mass is 9.97. The zero-order valence-corrected chi connectivity index (χ0v) is 26.4. The maximum Gasteiger partial charge on any atom is 0.303 e. The number of esters is 4. The Bertz CT molecular complexity index is 1290. The number of H-pyrrole nitrogens is 1. The molecule has 1 fully saturated rings. The second-order valence-electron chi connectivity index (χ2n) is 10.9. The van der Waals surface area contributed by atoms with Crippen LogP contribution in [-0.4, -0.2) is 89.7 Å². The van der Waals surface area contributed by atoms with Crippen LogP contribution >= 0.6 is 0 Å². The fourth-order valence-corrected chi connectivity index (χ4v) is 4.81. The van der Waals surface area contributed by atoms with Crippen LogP contribution in [0.25, 0.3) is 0 Å². The number of nitrogens with zero attached hydrogens (tertiary/aromatic N) is 1. The summed E-state index contributed by atoms with van der Waals surface area (Å²) >= 11 is 0. The number of unbranched alkanes of at least 4 members (excludes halogenated alkanes) is 1. The smallest absolute Gasteiger partial charge is 0.303 e. The molecule has 14 nitrogen and oxygen atoms in total. The normalized spacial score (nSPS) is 21.1. The number of nitrogens with one attached hydrogen (secondary N) is 1. The van der Waals surface area contributed by atoms with Gasteiger partial charge in [-0.1, -0.05) is 26.0 Å². The van der Waals surface area contributed by atoms with E-state index in [9.17, 15) is 19.2 Å². The average Bonchev–Trinajstić information content (AvgIpc) is 3.35. The van der Waals surface area contributed by atoms with E-state index in [1.165, 1.54) is 6.92 Å². The lowest BCUT2D eigenvalue weighted by Crippen LogP contribution is -2.63. The second kappa shape index (κ2) is 16.8. The van der Waals surface area contributed by atoms with Gasteiger partial charge in [-0.05, 0) is 36.5 Å². The lowest BCUT2D eigenvalue weighted by molar-refractivity contribution is -0.289. The fraction of sp³-hybridized carbons (Fsp3) is 0.581. The van der Waals surface area contributed by atoms with Crippen LogP contribution in [0.1, 0.15) is 77.1 Å². The first-order valence-corrected chi connectivity index (χ1v) is 14.8. The number of carbonyl (C=O) groups excluding carboxylic acids is 4. The molecule has 0 radical (unpaired) electrons. The summed E-state index contributed by atoms with van der Waals surface area (Å²) in [6.07, 6.45) is -4.83. The Balaban J connectivity index is 1.95. The van der Waals surface area contributed by atoms with Gasteiger partial charge in [-0.25, -0.2) is 0 Å². The number of hydrogen-bond donors (Lipinski definition) is 2. The van der Waals surface area contributed by atoms with Crippen molar-refractivity contribution in [3.8, 4) is 11.6 Å². The van der Waals surface area contributed by atoms with Crippen LogP contribution in [0.2, 0.25) is 0 Å². The van der Waals surface area contributed by atoms with E-state index in [2.05, 4.69) is 10.2 Å². The first kappa shape index (κ1) is 35.3. The number of ether oxygens (including phenoxy) is 7. The summed E-state index contributed by atoms with van der Waals surface area (Å²) in [6, 6.07) is 7.53. The third kappa shape index (κ3) is 10.5. The van der Waals surface area contributed by atoms with Crippen molar-refractivity contribution in [2.45, 2.75) is 97.4 Å². The Morgan fingerprint density at radius 3 is 2.09 bits per heavy atom. The van der Waals surface area contributed by atoms with Crippen molar-refractivity contribution in [2.24, 2.45) is 0 Å². The molecule has 2 N–H and O–H groups in total. The standard InChI is InChI=1S/C31H42N2O12/c1-17(2)26-24(15-22-9-11-23(12-10-22)39-14-8-7-13-34)30(33-32-26)45-31-29(43-21(6)38)28(42-20(5)37)27(41-19(4)36)25(44-31)16-40-18(3)35/h9-12,17,25,27-29,31,34H,7-8,13-16H2,1-6H3,(H,32,33)/t25-,27-,28+,29-,31+/m1/s1. The molecule has 2 aromatic rings. The topological polar surface area (TPSA) is 182 Å². The number of rotatable bonds is 15. The lowest BCUT2D eigenvalue weighted by Gasteiger charge is -2.43. The molecular formula is C31H42N2O12. The van der Waals surface area contributed by atoms with Gasteiger partial charge in [-0.15, -0.1) is 5.10 Å². The monoisotopic (exact) mass is 634 g/mol. The molecule has 5 atom stereocenters. The summed E-state index contributed by atoms with van der Waals surface area (Å²) in [4.78, 5) is 48.0. The molecule has 1 aliphatic heterocycles. The first-order chi connectivity index (χ1) is 21.4. The van der Waals surface area contributed by atoms with E-state index in [1.807, 2.05) is 38.1 Å². The van der Waals surface area contributed by atoms with Gasteiger partial charge in [0.05, 0.1) is 6.61 Å². The maximum atomic E-state index is 12.2. The van der Waals surface area contributed by atoms with Crippen LogP contribution in [0.5, 0.6) is 11.6 Å². The Labute approximate surface area is 261 Å². The Hall–Kier alpha value is -4.17. The van der Waals surface area contributed by atoms with E-state index in [0.29, 0.717) is 30.8 Å². The second-order valence-corrected chi connectivity index (χ2v) is 10.9. The van der Waals surface area contributed by atoms with E-state index in [-0.39, 0.29) is 25.0 Å². The molecule has 1 saturated heterocycles. The molecule has 1 aromatic carbocycles. The molecule has 248 valence electrons. The van der Waals surface area contributed by atoms with Crippen molar-refractivity contribution < 1.29 is 57.4 Å². The van der Waals surface area contributed by atoms with Crippen molar-refractivity contribution in [3.63, 3.8) is 0 Å². The quantitative estimate of drug-likeness (QED) is 0.166. The maximum absolute atomic E-state index is 12.2. The van der Waals surface area contributed by atoms with E-state index >= 15 is 0 Å². The number of carbonyl (C=O) groups is 4. The van der Waals surface area contributed by atoms with Crippen molar-refractivity contribution >= 4 is 23.9 Å². The minimum absolute atomic E-state index is 0.0226. The number of hydrogen-bond acceptors (Lipinski definition) is 13. The zero-order chi connectivity index (χ0) is 33.1. The van der Waals surface area contributed by atoms with Crippen LogP contribution in [0.3, 0.4) is 0 Å². The van der Waals surface area contributed by atoms with Crippen LogP contribution in [0, 0.1) is 0 Å². The average molecular weight is 635 g/mol. The summed E-state index contributed by atoms with van der Waals surface area (Å²) < 4.78 is 39.7. The number of aromatic nitrogens is 2. The van der Waals surface area contributed by atoms with Gasteiger partial charge < -0.3 is 38.3 Å². The SMILES string of the molecule is CC(=O)OC[C@H]1O[C@@H](Oc2n[nH]c(C(C)C)c2Cc2ccc(OCCCCO)cc2)[C@H](OC(C)=O)[C@@H](OC(C)=O)[C@@H]1OC(C)=O. The van der Waals surface area contributed by atoms with Gasteiger partial charge in [0.15, 0.2) is 12.2 Å². The molecule has 0 amide bonds. The van der Waals surface area contributed by atoms with Gasteiger partial charge in [0.1, 0.15) is 18.5 Å². The third-order valence-electron chi connectivity index (χ3n) is 6.74. The predicted molar refractivity (Wildman–Crippen MR) is 156 cm³/mol. The Morgan fingerprint density at radius 1 is 0.889 bits per heavy atom. The van der Waals surface area contributed by atoms with Crippen LogP contribution in [0.15, 0.2) is 24.3 Å². The fourth-order valence-electron chi connectivity index (χ4n) is 4.81. The molecule has 14 heteroatoms. The van der Waals surface area contributed by atoms with Crippen molar-refractivity contribution in [3.05, 3.63) is 41.1 Å². The summed E-state index contributed by atoms with van der Waals surface area (Å²) in [5, 5.41) is 16.3. The molecule has 0 aliphatic carbocycles. The predicted octanol–water partition coefficient (Wildman–Crippen LogP) is 2.74. The zero-order valence-electron chi connectivity index (χ0n) is 26.4. The number of aliphatic hydroxyl groups excluding tert-OH is 1. The molecule has 45 heavy (non-hydrogen) atoms. The molecule has 1 aromatic heterocycles. The largest absolute Gasteiger partial charge is 0.494 e. The van der Waals surface area contributed by atoms with Crippen molar-refractivity contribution in [2.75, 3.05) is 19.8 Å². The van der Waals surface area contributed by atoms with E-state index in [4.69, 9.17) is 38.3 Å². The van der Waals surface area contributed by atoms with Gasteiger partial charge >= 0.3 is 23.9 Å². The van der Waals surface area contributed by atoms with E-state index in [1.54, 1.807) is 0 Å². The summed E-state index contributed by atoms with van der Waals surface area (Å²) in [5.41, 5.74) is 2.42. The van der Waals surface area contributed by atoms with Gasteiger partial charge in [-0.2, -0.15) is 0 Å². The highest BCUT2D eigenvalue weighted by Gasteiger charge is 2.53. The third-order valence-corrected chi connectivity index (χ3v) is 6.74. The number of benzene rings is 1. The van der Waals surface area contributed by atoms with Gasteiger partial charge in [0, 0.05) is 52.0 Å². The molecule has 3 rings (SSSR count). The minimum atomic E-state index is -1.41.